The lowest BCUT2D eigenvalue weighted by Crippen LogP contribution is -2.33. The Morgan fingerprint density at radius 1 is 1.05 bits per heavy atom. The van der Waals surface area contributed by atoms with Crippen LogP contribution in [0, 0.1) is 18.8 Å². The van der Waals surface area contributed by atoms with E-state index >= 15 is 0 Å². The molecule has 0 aliphatic heterocycles. The third-order valence-corrected chi connectivity index (χ3v) is 3.15. The molecular formula is C16H30N4. The second kappa shape index (κ2) is 7.46. The number of aromatic nitrogens is 2. The Morgan fingerprint density at radius 3 is 2.05 bits per heavy atom. The molecule has 1 heterocycles. The quantitative estimate of drug-likeness (QED) is 0.830. The highest BCUT2D eigenvalue weighted by atomic mass is 15.2. The van der Waals surface area contributed by atoms with Gasteiger partial charge in [0.1, 0.15) is 17.5 Å². The molecule has 1 rings (SSSR count). The van der Waals surface area contributed by atoms with Crippen LogP contribution in [0.5, 0.6) is 0 Å². The molecule has 0 aromatic carbocycles. The average Bonchev–Trinajstić information content (AvgIpc) is 2.32. The van der Waals surface area contributed by atoms with Gasteiger partial charge in [0.25, 0.3) is 0 Å². The van der Waals surface area contributed by atoms with Crippen LogP contribution in [0.15, 0.2) is 0 Å². The molecule has 2 N–H and O–H groups in total. The van der Waals surface area contributed by atoms with Gasteiger partial charge in [0.15, 0.2) is 0 Å². The summed E-state index contributed by atoms with van der Waals surface area (Å²) in [5.74, 6) is 3.69. The minimum absolute atomic E-state index is 0.596. The molecule has 0 amide bonds. The fourth-order valence-corrected chi connectivity index (χ4v) is 2.34. The first-order valence-electron chi connectivity index (χ1n) is 7.73. The van der Waals surface area contributed by atoms with Crippen molar-refractivity contribution in [1.29, 1.82) is 0 Å². The molecule has 20 heavy (non-hydrogen) atoms. The fraction of sp³-hybridized carbons (Fsp3) is 0.750. The molecule has 0 aliphatic carbocycles. The van der Waals surface area contributed by atoms with Crippen molar-refractivity contribution < 1.29 is 0 Å². The number of hydrogen-bond acceptors (Lipinski definition) is 4. The summed E-state index contributed by atoms with van der Waals surface area (Å²) in [6.45, 7) is 15.1. The molecule has 0 aliphatic rings. The van der Waals surface area contributed by atoms with Gasteiger partial charge in [0.05, 0.1) is 0 Å². The van der Waals surface area contributed by atoms with Gasteiger partial charge in [0.2, 0.25) is 0 Å². The van der Waals surface area contributed by atoms with Gasteiger partial charge in [-0.15, -0.1) is 0 Å². The normalized spacial score (nSPS) is 11.4. The summed E-state index contributed by atoms with van der Waals surface area (Å²) >= 11 is 0. The van der Waals surface area contributed by atoms with Crippen LogP contribution < -0.4 is 10.6 Å². The van der Waals surface area contributed by atoms with E-state index in [1.54, 1.807) is 0 Å². The molecule has 0 spiro atoms. The standard InChI is InChI=1S/C16H30N4/c1-7-8-14-18-15(17)13(6)16(19-14)20(9-11(2)3)10-12(4)5/h11-12H,7-10H2,1-6H3,(H2,17,18,19). The van der Waals surface area contributed by atoms with Crippen LogP contribution in [0.3, 0.4) is 0 Å². The molecule has 1 aromatic rings. The highest BCUT2D eigenvalue weighted by molar-refractivity contribution is 5.56. The molecule has 0 radical (unpaired) electrons. The number of nitrogen functional groups attached to an aromatic ring is 1. The zero-order valence-electron chi connectivity index (χ0n) is 13.9. The first-order chi connectivity index (χ1) is 9.35. The third kappa shape index (κ3) is 4.66. The van der Waals surface area contributed by atoms with Crippen molar-refractivity contribution >= 4 is 11.6 Å². The van der Waals surface area contributed by atoms with Gasteiger partial charge in [0, 0.05) is 25.1 Å². The molecule has 0 saturated carbocycles. The first kappa shape index (κ1) is 16.7. The van der Waals surface area contributed by atoms with Gasteiger partial charge in [-0.3, -0.25) is 0 Å². The molecule has 0 bridgehead atoms. The number of nitrogens with zero attached hydrogens (tertiary/aromatic N) is 3. The van der Waals surface area contributed by atoms with Crippen LogP contribution in [0.2, 0.25) is 0 Å². The second-order valence-electron chi connectivity index (χ2n) is 6.42. The van der Waals surface area contributed by atoms with Crippen molar-refractivity contribution in [1.82, 2.24) is 9.97 Å². The zero-order valence-corrected chi connectivity index (χ0v) is 13.9. The largest absolute Gasteiger partial charge is 0.383 e. The van der Waals surface area contributed by atoms with Gasteiger partial charge in [-0.05, 0) is 25.2 Å². The van der Waals surface area contributed by atoms with Gasteiger partial charge in [-0.1, -0.05) is 34.6 Å². The second-order valence-corrected chi connectivity index (χ2v) is 6.42. The molecule has 0 unspecified atom stereocenters. The Hall–Kier alpha value is -1.32. The lowest BCUT2D eigenvalue weighted by Gasteiger charge is -2.29. The monoisotopic (exact) mass is 278 g/mol. The smallest absolute Gasteiger partial charge is 0.137 e. The summed E-state index contributed by atoms with van der Waals surface area (Å²) < 4.78 is 0. The Bertz CT molecular complexity index is 417. The van der Waals surface area contributed by atoms with Crippen molar-refractivity contribution in [2.75, 3.05) is 23.7 Å². The topological polar surface area (TPSA) is 55.0 Å². The van der Waals surface area contributed by atoms with Crippen molar-refractivity contribution in [3.8, 4) is 0 Å². The van der Waals surface area contributed by atoms with Gasteiger partial charge < -0.3 is 10.6 Å². The van der Waals surface area contributed by atoms with Crippen LogP contribution >= 0.6 is 0 Å². The predicted molar refractivity (Wildman–Crippen MR) is 87.1 cm³/mol. The zero-order chi connectivity index (χ0) is 15.3. The number of anilines is 2. The predicted octanol–water partition coefficient (Wildman–Crippen LogP) is 3.44. The Morgan fingerprint density at radius 2 is 1.60 bits per heavy atom. The van der Waals surface area contributed by atoms with E-state index < -0.39 is 0 Å². The van der Waals surface area contributed by atoms with Crippen molar-refractivity contribution in [2.45, 2.75) is 54.4 Å². The van der Waals surface area contributed by atoms with E-state index in [9.17, 15) is 0 Å². The van der Waals surface area contributed by atoms with Crippen LogP contribution in [-0.4, -0.2) is 23.1 Å². The summed E-state index contributed by atoms with van der Waals surface area (Å²) in [5.41, 5.74) is 7.08. The minimum atomic E-state index is 0.596. The van der Waals surface area contributed by atoms with Crippen LogP contribution in [-0.2, 0) is 6.42 Å². The molecular weight excluding hydrogens is 248 g/mol. The van der Waals surface area contributed by atoms with Crippen LogP contribution in [0.4, 0.5) is 11.6 Å². The molecule has 4 nitrogen and oxygen atoms in total. The highest BCUT2D eigenvalue weighted by Crippen LogP contribution is 2.24. The molecule has 1 aromatic heterocycles. The Balaban J connectivity index is 3.15. The van der Waals surface area contributed by atoms with E-state index in [0.29, 0.717) is 17.7 Å². The summed E-state index contributed by atoms with van der Waals surface area (Å²) in [5, 5.41) is 0. The SMILES string of the molecule is CCCc1nc(N)c(C)c(N(CC(C)C)CC(C)C)n1. The lowest BCUT2D eigenvalue weighted by molar-refractivity contribution is 0.546. The molecule has 0 fully saturated rings. The van der Waals surface area contributed by atoms with Crippen molar-refractivity contribution in [3.63, 3.8) is 0 Å². The van der Waals surface area contributed by atoms with Crippen LogP contribution in [0.1, 0.15) is 52.4 Å². The maximum Gasteiger partial charge on any atom is 0.137 e. The van der Waals surface area contributed by atoms with E-state index in [2.05, 4.69) is 44.5 Å². The summed E-state index contributed by atoms with van der Waals surface area (Å²) in [7, 11) is 0. The summed E-state index contributed by atoms with van der Waals surface area (Å²) in [6, 6.07) is 0. The lowest BCUT2D eigenvalue weighted by atomic mass is 10.1. The third-order valence-electron chi connectivity index (χ3n) is 3.15. The first-order valence-corrected chi connectivity index (χ1v) is 7.73. The molecule has 0 saturated heterocycles. The Kier molecular flexibility index (Phi) is 6.24. The Labute approximate surface area is 123 Å². The summed E-state index contributed by atoms with van der Waals surface area (Å²) in [6.07, 6.45) is 1.92. The fourth-order valence-electron chi connectivity index (χ4n) is 2.34. The maximum atomic E-state index is 6.07. The minimum Gasteiger partial charge on any atom is -0.383 e. The van der Waals surface area contributed by atoms with E-state index in [4.69, 9.17) is 10.7 Å². The number of hydrogen-bond donors (Lipinski definition) is 1. The number of rotatable bonds is 7. The highest BCUT2D eigenvalue weighted by Gasteiger charge is 2.17. The van der Waals surface area contributed by atoms with Gasteiger partial charge >= 0.3 is 0 Å². The number of nitrogens with two attached hydrogens (primary N) is 1. The molecule has 4 heteroatoms. The average molecular weight is 278 g/mol. The number of aryl methyl sites for hydroxylation is 1. The maximum absolute atomic E-state index is 6.07. The molecule has 114 valence electrons. The van der Waals surface area contributed by atoms with Crippen molar-refractivity contribution in [3.05, 3.63) is 11.4 Å². The van der Waals surface area contributed by atoms with Gasteiger partial charge in [-0.25, -0.2) is 9.97 Å². The van der Waals surface area contributed by atoms with Gasteiger partial charge in [-0.2, -0.15) is 0 Å². The van der Waals surface area contributed by atoms with E-state index in [1.165, 1.54) is 0 Å². The molecule has 0 atom stereocenters. The van der Waals surface area contributed by atoms with E-state index in [-0.39, 0.29) is 0 Å². The van der Waals surface area contributed by atoms with Crippen LogP contribution in [0.25, 0.3) is 0 Å². The van der Waals surface area contributed by atoms with E-state index in [1.807, 2.05) is 6.92 Å². The van der Waals surface area contributed by atoms with Crippen molar-refractivity contribution in [2.24, 2.45) is 11.8 Å². The summed E-state index contributed by atoms with van der Waals surface area (Å²) in [4.78, 5) is 11.5. The van der Waals surface area contributed by atoms with E-state index in [0.717, 1.165) is 43.1 Å².